The van der Waals surface area contributed by atoms with E-state index < -0.39 is 0 Å². The number of carbonyl (C=O) groups is 1. The molecule has 1 saturated heterocycles. The molecule has 20 heavy (non-hydrogen) atoms. The Labute approximate surface area is 118 Å². The molecule has 0 unspecified atom stereocenters. The highest BCUT2D eigenvalue weighted by molar-refractivity contribution is 5.96. The lowest BCUT2D eigenvalue weighted by atomic mass is 10.1. The summed E-state index contributed by atoms with van der Waals surface area (Å²) in [7, 11) is 0. The summed E-state index contributed by atoms with van der Waals surface area (Å²) >= 11 is 0. The number of likely N-dealkylation sites (tertiary alicyclic amines) is 1. The van der Waals surface area contributed by atoms with Crippen molar-refractivity contribution in [3.05, 3.63) is 29.8 Å². The second-order valence-corrected chi connectivity index (χ2v) is 4.83. The van der Waals surface area contributed by atoms with Crippen molar-refractivity contribution in [1.82, 2.24) is 4.90 Å². The maximum Gasteiger partial charge on any atom is 0.254 e. The minimum Gasteiger partial charge on any atom is -0.494 e. The number of piperidine rings is 1. The molecule has 1 heterocycles. The number of ether oxygens (including phenoxy) is 1. The third-order valence-corrected chi connectivity index (χ3v) is 3.32. The van der Waals surface area contributed by atoms with Crippen LogP contribution in [-0.4, -0.2) is 41.4 Å². The van der Waals surface area contributed by atoms with E-state index in [1.54, 1.807) is 17.0 Å². The Bertz CT molecular complexity index is 490. The summed E-state index contributed by atoms with van der Waals surface area (Å²) in [5.41, 5.74) is 1.40. The van der Waals surface area contributed by atoms with Crippen molar-refractivity contribution in [3.8, 4) is 5.75 Å². The van der Waals surface area contributed by atoms with Gasteiger partial charge in [-0.3, -0.25) is 4.79 Å². The molecule has 2 rings (SSSR count). The highest BCUT2D eigenvalue weighted by atomic mass is 16.5. The summed E-state index contributed by atoms with van der Waals surface area (Å²) < 4.78 is 5.54. The maximum atomic E-state index is 12.4. The number of oxime groups is 1. The number of hydrogen-bond acceptors (Lipinski definition) is 4. The van der Waals surface area contributed by atoms with E-state index in [1.807, 2.05) is 19.1 Å². The van der Waals surface area contributed by atoms with Gasteiger partial charge in [-0.15, -0.1) is 0 Å². The van der Waals surface area contributed by atoms with E-state index in [0.29, 0.717) is 38.1 Å². The second-order valence-electron chi connectivity index (χ2n) is 4.83. The minimum atomic E-state index is 0.00365. The third kappa shape index (κ3) is 3.50. The fraction of sp³-hybridized carbons (Fsp3) is 0.467. The molecule has 108 valence electrons. The Balaban J connectivity index is 2.02. The second kappa shape index (κ2) is 6.93. The molecule has 0 atom stereocenters. The van der Waals surface area contributed by atoms with Crippen molar-refractivity contribution in [2.75, 3.05) is 19.7 Å². The summed E-state index contributed by atoms with van der Waals surface area (Å²) in [4.78, 5) is 14.2. The lowest BCUT2D eigenvalue weighted by Gasteiger charge is -2.27. The average Bonchev–Trinajstić information content (AvgIpc) is 2.52. The lowest BCUT2D eigenvalue weighted by molar-refractivity contribution is 0.0753. The zero-order valence-electron chi connectivity index (χ0n) is 11.7. The topological polar surface area (TPSA) is 62.1 Å². The van der Waals surface area contributed by atoms with Gasteiger partial charge in [-0.2, -0.15) is 0 Å². The van der Waals surface area contributed by atoms with E-state index in [9.17, 15) is 4.79 Å². The standard InChI is InChI=1S/C15H20N2O3/c1-2-10-20-14-5-3-4-12(11-14)15(18)17-8-6-13(16-19)7-9-17/h3-5,11,19H,2,6-10H2,1H3. The van der Waals surface area contributed by atoms with Gasteiger partial charge < -0.3 is 14.8 Å². The maximum absolute atomic E-state index is 12.4. The smallest absolute Gasteiger partial charge is 0.254 e. The molecule has 1 aliphatic rings. The number of nitrogens with zero attached hydrogens (tertiary/aromatic N) is 2. The Hall–Kier alpha value is -2.04. The molecule has 0 saturated carbocycles. The van der Waals surface area contributed by atoms with Crippen molar-refractivity contribution in [2.24, 2.45) is 5.16 Å². The van der Waals surface area contributed by atoms with E-state index in [0.717, 1.165) is 17.9 Å². The number of benzene rings is 1. The van der Waals surface area contributed by atoms with Crippen molar-refractivity contribution in [3.63, 3.8) is 0 Å². The number of amides is 1. The molecule has 1 aliphatic heterocycles. The molecule has 0 bridgehead atoms. The van der Waals surface area contributed by atoms with Crippen LogP contribution in [0.5, 0.6) is 5.75 Å². The molecule has 5 nitrogen and oxygen atoms in total. The van der Waals surface area contributed by atoms with Gasteiger partial charge in [0.2, 0.25) is 0 Å². The summed E-state index contributed by atoms with van der Waals surface area (Å²) in [5, 5.41) is 11.9. The van der Waals surface area contributed by atoms with Crippen LogP contribution in [-0.2, 0) is 0 Å². The Morgan fingerprint density at radius 1 is 1.40 bits per heavy atom. The summed E-state index contributed by atoms with van der Waals surface area (Å²) in [6.07, 6.45) is 2.20. The lowest BCUT2D eigenvalue weighted by Crippen LogP contribution is -2.38. The molecule has 0 radical (unpaired) electrons. The number of rotatable bonds is 4. The number of hydrogen-bond donors (Lipinski definition) is 1. The van der Waals surface area contributed by atoms with Gasteiger partial charge >= 0.3 is 0 Å². The molecular formula is C15H20N2O3. The van der Waals surface area contributed by atoms with Crippen LogP contribution in [0.3, 0.4) is 0 Å². The van der Waals surface area contributed by atoms with Crippen LogP contribution in [0.15, 0.2) is 29.4 Å². The van der Waals surface area contributed by atoms with Crippen molar-refractivity contribution in [1.29, 1.82) is 0 Å². The first-order valence-corrected chi connectivity index (χ1v) is 6.96. The zero-order chi connectivity index (χ0) is 14.4. The highest BCUT2D eigenvalue weighted by Crippen LogP contribution is 2.17. The Morgan fingerprint density at radius 3 is 2.80 bits per heavy atom. The molecule has 5 heteroatoms. The molecule has 0 aliphatic carbocycles. The predicted octanol–water partition coefficient (Wildman–Crippen LogP) is 2.54. The van der Waals surface area contributed by atoms with Crippen LogP contribution in [0.25, 0.3) is 0 Å². The van der Waals surface area contributed by atoms with Crippen LogP contribution in [0.4, 0.5) is 0 Å². The Kier molecular flexibility index (Phi) is 4.98. The number of carbonyl (C=O) groups excluding carboxylic acids is 1. The molecule has 1 amide bonds. The quantitative estimate of drug-likeness (QED) is 0.679. The zero-order valence-corrected chi connectivity index (χ0v) is 11.7. The van der Waals surface area contributed by atoms with E-state index in [1.165, 1.54) is 0 Å². The first kappa shape index (κ1) is 14.4. The van der Waals surface area contributed by atoms with Crippen LogP contribution in [0, 0.1) is 0 Å². The van der Waals surface area contributed by atoms with Crippen LogP contribution in [0.1, 0.15) is 36.5 Å². The van der Waals surface area contributed by atoms with E-state index in [2.05, 4.69) is 5.16 Å². The fourth-order valence-corrected chi connectivity index (χ4v) is 2.19. The summed E-state index contributed by atoms with van der Waals surface area (Å²) in [6.45, 7) is 3.89. The highest BCUT2D eigenvalue weighted by Gasteiger charge is 2.21. The largest absolute Gasteiger partial charge is 0.494 e. The molecule has 1 aromatic carbocycles. The normalized spacial score (nSPS) is 15.1. The van der Waals surface area contributed by atoms with Crippen molar-refractivity contribution in [2.45, 2.75) is 26.2 Å². The van der Waals surface area contributed by atoms with E-state index in [4.69, 9.17) is 9.94 Å². The van der Waals surface area contributed by atoms with Crippen LogP contribution < -0.4 is 4.74 Å². The van der Waals surface area contributed by atoms with Crippen molar-refractivity contribution >= 4 is 11.6 Å². The van der Waals surface area contributed by atoms with Crippen LogP contribution in [0.2, 0.25) is 0 Å². The fourth-order valence-electron chi connectivity index (χ4n) is 2.19. The van der Waals surface area contributed by atoms with E-state index in [-0.39, 0.29) is 5.91 Å². The molecule has 1 fully saturated rings. The first-order valence-electron chi connectivity index (χ1n) is 6.96. The van der Waals surface area contributed by atoms with Gasteiger partial charge in [-0.25, -0.2) is 0 Å². The first-order chi connectivity index (χ1) is 9.74. The van der Waals surface area contributed by atoms with Crippen LogP contribution >= 0.6 is 0 Å². The van der Waals surface area contributed by atoms with E-state index >= 15 is 0 Å². The molecule has 0 spiro atoms. The molecule has 0 aromatic heterocycles. The molecular weight excluding hydrogens is 256 g/mol. The molecule has 1 N–H and O–H groups in total. The summed E-state index contributed by atoms with van der Waals surface area (Å²) in [6, 6.07) is 7.28. The third-order valence-electron chi connectivity index (χ3n) is 3.32. The predicted molar refractivity (Wildman–Crippen MR) is 76.6 cm³/mol. The van der Waals surface area contributed by atoms with Gasteiger partial charge in [0.25, 0.3) is 5.91 Å². The van der Waals surface area contributed by atoms with Gasteiger partial charge in [-0.1, -0.05) is 18.1 Å². The van der Waals surface area contributed by atoms with Gasteiger partial charge in [0, 0.05) is 31.5 Å². The SMILES string of the molecule is CCCOc1cccc(C(=O)N2CCC(=NO)CC2)c1. The summed E-state index contributed by atoms with van der Waals surface area (Å²) in [5.74, 6) is 0.733. The van der Waals surface area contributed by atoms with Gasteiger partial charge in [0.1, 0.15) is 5.75 Å². The van der Waals surface area contributed by atoms with Gasteiger partial charge in [0.15, 0.2) is 0 Å². The minimum absolute atomic E-state index is 0.00365. The monoisotopic (exact) mass is 276 g/mol. The Morgan fingerprint density at radius 2 is 2.15 bits per heavy atom. The van der Waals surface area contributed by atoms with Crippen molar-refractivity contribution < 1.29 is 14.7 Å². The van der Waals surface area contributed by atoms with Gasteiger partial charge in [0.05, 0.1) is 12.3 Å². The molecule has 1 aromatic rings. The van der Waals surface area contributed by atoms with Gasteiger partial charge in [-0.05, 0) is 24.6 Å². The average molecular weight is 276 g/mol.